The second kappa shape index (κ2) is 25.4. The Bertz CT molecular complexity index is 2900. The molecule has 0 bridgehead atoms. The molecule has 2 fully saturated rings. The average Bonchev–Trinajstić information content (AvgIpc) is 3.54. The van der Waals surface area contributed by atoms with Crippen molar-refractivity contribution >= 4 is 58.8 Å². The molecule has 0 saturated heterocycles. The summed E-state index contributed by atoms with van der Waals surface area (Å²) in [4.78, 5) is 85.2. The first-order valence-corrected chi connectivity index (χ1v) is 27.1. The van der Waals surface area contributed by atoms with Crippen LogP contribution >= 0.6 is 11.6 Å². The summed E-state index contributed by atoms with van der Waals surface area (Å²) in [6.07, 6.45) is 8.89. The molecule has 21 heteroatoms. The third kappa shape index (κ3) is 13.2. The maximum atomic E-state index is 14.2. The van der Waals surface area contributed by atoms with Crippen molar-refractivity contribution in [2.24, 2.45) is 0 Å². The predicted octanol–water partition coefficient (Wildman–Crippen LogP) is 10.9. The number of alkyl carbamates (subject to hydrolysis) is 2. The van der Waals surface area contributed by atoms with Gasteiger partial charge in [0.2, 0.25) is 11.2 Å². The standard InChI is InChI=1S/C29H34ClF2N3O5.C29H35F2N3O5/c1-17(2)35(21-8-6-5-7-9-21)26(36)22-15-24-25(16-23(22)30)40-29(3,18-12-19(31)14-20(32)13-18)27(37)34(24)11-10-33-28(38)39-4;1-18(2)34(23-8-6-5-7-9-23)26(35)19-10-11-25-24(14-19)33(13-12-32-28(37)38-4)27(36)29(3,39-25)20-15-21(30)17-22(31)16-20/h12-17,21H,5-11H2,1-4H3,(H,33,38);10-11,14-18,23H,5-9,12-13H2,1-4H3,(H,32,37). The number of anilines is 2. The first kappa shape index (κ1) is 59.6. The molecule has 0 radical (unpaired) electrons. The summed E-state index contributed by atoms with van der Waals surface area (Å²) < 4.78 is 78.0. The molecule has 2 aliphatic carbocycles. The molecule has 16 nitrogen and oxygen atoms in total. The number of carbonyl (C=O) groups is 6. The van der Waals surface area contributed by atoms with Crippen molar-refractivity contribution < 1.29 is 65.3 Å². The summed E-state index contributed by atoms with van der Waals surface area (Å²) in [6, 6.07) is 13.5. The van der Waals surface area contributed by atoms with Gasteiger partial charge in [-0.05, 0) is 116 Å². The zero-order valence-corrected chi connectivity index (χ0v) is 46.6. The molecule has 2 N–H and O–H groups in total. The van der Waals surface area contributed by atoms with Gasteiger partial charge < -0.3 is 49.2 Å². The van der Waals surface area contributed by atoms with E-state index in [0.717, 1.165) is 94.5 Å². The summed E-state index contributed by atoms with van der Waals surface area (Å²) in [5.41, 5.74) is -2.40. The van der Waals surface area contributed by atoms with E-state index >= 15 is 0 Å². The summed E-state index contributed by atoms with van der Waals surface area (Å²) in [5.74, 6) is -4.62. The van der Waals surface area contributed by atoms with E-state index in [1.54, 1.807) is 18.2 Å². The van der Waals surface area contributed by atoms with Gasteiger partial charge in [-0.2, -0.15) is 0 Å². The highest BCUT2D eigenvalue weighted by molar-refractivity contribution is 6.34. The number of fused-ring (bicyclic) bond motifs is 2. The number of nitrogens with zero attached hydrogens (tertiary/aromatic N) is 4. The summed E-state index contributed by atoms with van der Waals surface area (Å²) >= 11 is 6.66. The Morgan fingerprint density at radius 2 is 1.01 bits per heavy atom. The molecule has 6 amide bonds. The Morgan fingerprint density at radius 3 is 1.43 bits per heavy atom. The normalized spacial score (nSPS) is 19.3. The van der Waals surface area contributed by atoms with Crippen molar-refractivity contribution in [1.29, 1.82) is 0 Å². The van der Waals surface area contributed by atoms with Crippen LogP contribution in [0.15, 0.2) is 66.7 Å². The van der Waals surface area contributed by atoms with E-state index in [1.165, 1.54) is 50.0 Å². The van der Waals surface area contributed by atoms with Crippen LogP contribution in [-0.4, -0.2) is 110 Å². The van der Waals surface area contributed by atoms with Gasteiger partial charge in [-0.3, -0.25) is 19.2 Å². The molecule has 79 heavy (non-hydrogen) atoms. The maximum absolute atomic E-state index is 14.2. The van der Waals surface area contributed by atoms with Crippen LogP contribution in [0.1, 0.15) is 138 Å². The molecule has 0 aromatic heterocycles. The fourth-order valence-corrected chi connectivity index (χ4v) is 11.2. The van der Waals surface area contributed by atoms with Gasteiger partial charge >= 0.3 is 12.2 Å². The monoisotopic (exact) mass is 1120 g/mol. The number of methoxy groups -OCH3 is 2. The molecule has 426 valence electrons. The van der Waals surface area contributed by atoms with Crippen molar-refractivity contribution in [3.63, 3.8) is 0 Å². The van der Waals surface area contributed by atoms with Crippen LogP contribution in [0.5, 0.6) is 11.5 Å². The van der Waals surface area contributed by atoms with Gasteiger partial charge in [0.05, 0.1) is 36.2 Å². The maximum Gasteiger partial charge on any atom is 0.406 e. The second-order valence-corrected chi connectivity index (χ2v) is 21.4. The number of hydrogen-bond acceptors (Lipinski definition) is 10. The Hall–Kier alpha value is -7.09. The second-order valence-electron chi connectivity index (χ2n) is 21.0. The number of carbonyl (C=O) groups excluding carboxylic acids is 6. The van der Waals surface area contributed by atoms with Gasteiger partial charge in [-0.15, -0.1) is 0 Å². The quantitative estimate of drug-likeness (QED) is 0.116. The highest BCUT2D eigenvalue weighted by atomic mass is 35.5. The fourth-order valence-electron chi connectivity index (χ4n) is 11.0. The molecular formula is C58H69ClF4N6O10. The van der Waals surface area contributed by atoms with Gasteiger partial charge in [0.15, 0.2) is 0 Å². The zero-order valence-electron chi connectivity index (χ0n) is 45.8. The molecule has 4 aliphatic rings. The largest absolute Gasteiger partial charge is 0.471 e. The molecule has 2 saturated carbocycles. The van der Waals surface area contributed by atoms with Crippen LogP contribution in [0, 0.1) is 23.3 Å². The number of amides is 6. The van der Waals surface area contributed by atoms with Crippen molar-refractivity contribution in [3.8, 4) is 11.5 Å². The third-order valence-corrected chi connectivity index (χ3v) is 15.2. The zero-order chi connectivity index (χ0) is 57.5. The smallest absolute Gasteiger partial charge is 0.406 e. The molecule has 2 unspecified atom stereocenters. The van der Waals surface area contributed by atoms with Gasteiger partial charge in [0.25, 0.3) is 23.6 Å². The van der Waals surface area contributed by atoms with E-state index in [1.807, 2.05) is 37.5 Å². The van der Waals surface area contributed by atoms with Crippen LogP contribution < -0.4 is 29.9 Å². The van der Waals surface area contributed by atoms with Gasteiger partial charge in [0, 0.05) is 85.2 Å². The van der Waals surface area contributed by atoms with Gasteiger partial charge in [-0.1, -0.05) is 50.1 Å². The van der Waals surface area contributed by atoms with E-state index in [-0.39, 0.29) is 101 Å². The minimum absolute atomic E-state index is 0.00244. The Balaban J connectivity index is 0.000000229. The van der Waals surface area contributed by atoms with E-state index in [4.69, 9.17) is 21.1 Å². The minimum Gasteiger partial charge on any atom is -0.471 e. The Kier molecular flexibility index (Phi) is 19.1. The average molecular weight is 1120 g/mol. The van der Waals surface area contributed by atoms with Crippen LogP contribution in [-0.2, 0) is 30.3 Å². The lowest BCUT2D eigenvalue weighted by atomic mass is 9.91. The molecular weight excluding hydrogens is 1050 g/mol. The number of benzene rings is 4. The van der Waals surface area contributed by atoms with E-state index in [2.05, 4.69) is 20.1 Å². The predicted molar refractivity (Wildman–Crippen MR) is 288 cm³/mol. The topological polar surface area (TPSA) is 176 Å². The minimum atomic E-state index is -1.82. The highest BCUT2D eigenvalue weighted by Crippen LogP contribution is 2.46. The van der Waals surface area contributed by atoms with Crippen molar-refractivity contribution in [2.75, 3.05) is 50.2 Å². The van der Waals surface area contributed by atoms with E-state index < -0.39 is 58.5 Å². The molecule has 2 aliphatic heterocycles. The molecule has 4 aromatic carbocycles. The van der Waals surface area contributed by atoms with E-state index in [9.17, 15) is 46.3 Å². The number of hydrogen-bond donors (Lipinski definition) is 2. The first-order valence-electron chi connectivity index (χ1n) is 26.7. The Morgan fingerprint density at radius 1 is 0.608 bits per heavy atom. The molecule has 2 heterocycles. The van der Waals surface area contributed by atoms with Gasteiger partial charge in [-0.25, -0.2) is 27.2 Å². The third-order valence-electron chi connectivity index (χ3n) is 14.9. The lowest BCUT2D eigenvalue weighted by Gasteiger charge is -2.42. The van der Waals surface area contributed by atoms with Crippen LogP contribution in [0.2, 0.25) is 5.02 Å². The molecule has 2 atom stereocenters. The highest BCUT2D eigenvalue weighted by Gasteiger charge is 2.49. The van der Waals surface area contributed by atoms with Crippen LogP contribution in [0.25, 0.3) is 0 Å². The number of ether oxygens (including phenoxy) is 4. The molecule has 4 aromatic rings. The van der Waals surface area contributed by atoms with E-state index in [0.29, 0.717) is 17.3 Å². The first-order chi connectivity index (χ1) is 37.5. The number of rotatable bonds is 14. The summed E-state index contributed by atoms with van der Waals surface area (Å²) in [6.45, 7) is 10.7. The molecule has 0 spiro atoms. The number of halogens is 5. The van der Waals surface area contributed by atoms with Gasteiger partial charge in [0.1, 0.15) is 34.8 Å². The summed E-state index contributed by atoms with van der Waals surface area (Å²) in [5, 5.41) is 5.19. The van der Waals surface area contributed by atoms with Crippen molar-refractivity contribution in [1.82, 2.24) is 20.4 Å². The number of nitrogens with one attached hydrogen (secondary N) is 2. The SMILES string of the molecule is COC(=O)NCCN1C(=O)C(C)(c2cc(F)cc(F)c2)Oc2cc(Cl)c(C(=O)N(C(C)C)C3CCCCC3)cc21.COC(=O)NCCN1C(=O)C(C)(c2cc(F)cc(F)c2)Oc2ccc(C(=O)N(C(C)C)C3CCCCC3)cc21. The lowest BCUT2D eigenvalue weighted by Crippen LogP contribution is -2.54. The van der Waals surface area contributed by atoms with Crippen molar-refractivity contribution in [2.45, 2.75) is 141 Å². The fraction of sp³-hybridized carbons (Fsp3) is 0.483. The summed E-state index contributed by atoms with van der Waals surface area (Å²) in [7, 11) is 2.44. The molecule has 8 rings (SSSR count). The van der Waals surface area contributed by atoms with Crippen LogP contribution in [0.3, 0.4) is 0 Å². The lowest BCUT2D eigenvalue weighted by molar-refractivity contribution is -0.135. The Labute approximate surface area is 463 Å². The van der Waals surface area contributed by atoms with Crippen LogP contribution in [0.4, 0.5) is 38.5 Å². The van der Waals surface area contributed by atoms with Crippen molar-refractivity contribution in [3.05, 3.63) is 117 Å².